The number of carbonyl (C=O) groups excluding carboxylic acids is 1. The van der Waals surface area contributed by atoms with Crippen LogP contribution >= 0.6 is 11.3 Å². The van der Waals surface area contributed by atoms with Gasteiger partial charge in [0.15, 0.2) is 0 Å². The molecule has 0 atom stereocenters. The first-order valence-corrected chi connectivity index (χ1v) is 6.91. The Hall–Kier alpha value is -2.22. The van der Waals surface area contributed by atoms with Gasteiger partial charge in [0.2, 0.25) is 5.13 Å². The number of nitrogens with one attached hydrogen (secondary N) is 2. The first kappa shape index (κ1) is 12.8. The fourth-order valence-electron chi connectivity index (χ4n) is 1.81. The second-order valence-corrected chi connectivity index (χ2v) is 5.40. The first-order chi connectivity index (χ1) is 9.67. The largest absolute Gasteiger partial charge is 0.472 e. The van der Waals surface area contributed by atoms with Crippen molar-refractivity contribution in [3.8, 4) is 5.19 Å². The standard InChI is InChI=1S/C12H12N4O3S/c1-19-12-16-15-11(20-12)14-10(18)7-4-5-8(6-2-3-6)13-9(7)17/h4-6H,2-3H2,1H3,(H,13,17)(H,14,15,18). The van der Waals surface area contributed by atoms with Crippen molar-refractivity contribution in [1.29, 1.82) is 0 Å². The highest BCUT2D eigenvalue weighted by atomic mass is 32.1. The molecule has 2 aromatic heterocycles. The molecular formula is C12H12N4O3S. The number of carbonyl (C=O) groups is 1. The monoisotopic (exact) mass is 292 g/mol. The highest BCUT2D eigenvalue weighted by Gasteiger charge is 2.25. The third kappa shape index (κ3) is 2.55. The number of hydrogen-bond acceptors (Lipinski definition) is 6. The van der Waals surface area contributed by atoms with Gasteiger partial charge in [0.25, 0.3) is 16.7 Å². The molecule has 0 spiro atoms. The zero-order chi connectivity index (χ0) is 14.1. The number of amides is 1. The third-order valence-electron chi connectivity index (χ3n) is 3.00. The van der Waals surface area contributed by atoms with Crippen LogP contribution in [-0.4, -0.2) is 28.2 Å². The van der Waals surface area contributed by atoms with Crippen LogP contribution in [0.1, 0.15) is 34.8 Å². The Bertz CT molecular complexity index is 705. The zero-order valence-corrected chi connectivity index (χ0v) is 11.5. The molecular weight excluding hydrogens is 280 g/mol. The number of methoxy groups -OCH3 is 1. The van der Waals surface area contributed by atoms with Crippen molar-refractivity contribution >= 4 is 22.4 Å². The molecule has 1 fully saturated rings. The Morgan fingerprint density at radius 1 is 1.45 bits per heavy atom. The van der Waals surface area contributed by atoms with E-state index in [1.807, 2.05) is 0 Å². The van der Waals surface area contributed by atoms with Crippen LogP contribution in [-0.2, 0) is 0 Å². The van der Waals surface area contributed by atoms with E-state index in [0.29, 0.717) is 11.1 Å². The number of pyridine rings is 1. The maximum atomic E-state index is 12.0. The Morgan fingerprint density at radius 3 is 2.85 bits per heavy atom. The summed E-state index contributed by atoms with van der Waals surface area (Å²) in [6, 6.07) is 3.33. The first-order valence-electron chi connectivity index (χ1n) is 6.09. The van der Waals surface area contributed by atoms with E-state index in [4.69, 9.17) is 4.74 Å². The number of rotatable bonds is 4. The molecule has 0 unspecified atom stereocenters. The summed E-state index contributed by atoms with van der Waals surface area (Å²) in [4.78, 5) is 26.6. The average molecular weight is 292 g/mol. The van der Waals surface area contributed by atoms with Gasteiger partial charge in [-0.05, 0) is 42.2 Å². The van der Waals surface area contributed by atoms with Crippen LogP contribution in [0.4, 0.5) is 5.13 Å². The van der Waals surface area contributed by atoms with Gasteiger partial charge in [0.1, 0.15) is 5.56 Å². The summed E-state index contributed by atoms with van der Waals surface area (Å²) >= 11 is 1.09. The summed E-state index contributed by atoms with van der Waals surface area (Å²) < 4.78 is 4.88. The van der Waals surface area contributed by atoms with E-state index < -0.39 is 5.91 Å². The van der Waals surface area contributed by atoms with E-state index >= 15 is 0 Å². The van der Waals surface area contributed by atoms with Crippen molar-refractivity contribution in [3.05, 3.63) is 33.7 Å². The Morgan fingerprint density at radius 2 is 2.25 bits per heavy atom. The van der Waals surface area contributed by atoms with E-state index in [2.05, 4.69) is 20.5 Å². The molecule has 2 aromatic rings. The molecule has 1 aliphatic rings. The Kier molecular flexibility index (Phi) is 3.23. The zero-order valence-electron chi connectivity index (χ0n) is 10.7. The highest BCUT2D eigenvalue weighted by Crippen LogP contribution is 2.38. The minimum absolute atomic E-state index is 0.0589. The van der Waals surface area contributed by atoms with Gasteiger partial charge in [0, 0.05) is 5.69 Å². The summed E-state index contributed by atoms with van der Waals surface area (Å²) in [5, 5.41) is 10.6. The minimum Gasteiger partial charge on any atom is -0.472 e. The van der Waals surface area contributed by atoms with E-state index in [1.165, 1.54) is 7.11 Å². The smallest absolute Gasteiger partial charge is 0.295 e. The van der Waals surface area contributed by atoms with Gasteiger partial charge in [-0.3, -0.25) is 14.9 Å². The molecule has 3 rings (SSSR count). The van der Waals surface area contributed by atoms with Crippen LogP contribution < -0.4 is 15.6 Å². The van der Waals surface area contributed by atoms with Crippen LogP contribution in [0.5, 0.6) is 5.19 Å². The predicted molar refractivity (Wildman–Crippen MR) is 73.5 cm³/mol. The lowest BCUT2D eigenvalue weighted by atomic mass is 10.2. The lowest BCUT2D eigenvalue weighted by Gasteiger charge is -2.02. The van der Waals surface area contributed by atoms with Crippen LogP contribution in [0.25, 0.3) is 0 Å². The van der Waals surface area contributed by atoms with Crippen molar-refractivity contribution in [2.75, 3.05) is 12.4 Å². The molecule has 104 valence electrons. The van der Waals surface area contributed by atoms with Crippen molar-refractivity contribution < 1.29 is 9.53 Å². The number of nitrogens with zero attached hydrogens (tertiary/aromatic N) is 2. The second-order valence-electron chi connectivity index (χ2n) is 4.46. The maximum absolute atomic E-state index is 12.0. The van der Waals surface area contributed by atoms with Gasteiger partial charge in [-0.15, -0.1) is 5.10 Å². The second kappa shape index (κ2) is 5.04. The number of anilines is 1. The number of aromatic nitrogens is 3. The van der Waals surface area contributed by atoms with Crippen LogP contribution in [0.15, 0.2) is 16.9 Å². The summed E-state index contributed by atoms with van der Waals surface area (Å²) in [6.07, 6.45) is 2.18. The van der Waals surface area contributed by atoms with Gasteiger partial charge in [0.05, 0.1) is 7.11 Å². The van der Waals surface area contributed by atoms with Gasteiger partial charge in [-0.1, -0.05) is 5.10 Å². The lowest BCUT2D eigenvalue weighted by molar-refractivity contribution is 0.102. The van der Waals surface area contributed by atoms with E-state index in [1.54, 1.807) is 12.1 Å². The Labute approximate surface area is 118 Å². The minimum atomic E-state index is -0.507. The number of hydrogen-bond donors (Lipinski definition) is 2. The molecule has 0 aromatic carbocycles. The number of ether oxygens (including phenoxy) is 1. The molecule has 1 aliphatic carbocycles. The molecule has 0 bridgehead atoms. The molecule has 0 saturated heterocycles. The van der Waals surface area contributed by atoms with E-state index in [0.717, 1.165) is 29.9 Å². The van der Waals surface area contributed by atoms with Crippen LogP contribution in [0, 0.1) is 0 Å². The summed E-state index contributed by atoms with van der Waals surface area (Å²) in [6.45, 7) is 0. The fraction of sp³-hybridized carbons (Fsp3) is 0.333. The predicted octanol–water partition coefficient (Wildman–Crippen LogP) is 1.36. The van der Waals surface area contributed by atoms with Crippen molar-refractivity contribution in [2.24, 2.45) is 0 Å². The van der Waals surface area contributed by atoms with Crippen LogP contribution in [0.3, 0.4) is 0 Å². The topological polar surface area (TPSA) is 97.0 Å². The fourth-order valence-corrected chi connectivity index (χ4v) is 2.36. The van der Waals surface area contributed by atoms with Gasteiger partial charge >= 0.3 is 0 Å². The number of H-pyrrole nitrogens is 1. The van der Waals surface area contributed by atoms with Gasteiger partial charge < -0.3 is 9.72 Å². The molecule has 0 aliphatic heterocycles. The average Bonchev–Trinajstić information content (AvgIpc) is 3.19. The third-order valence-corrected chi connectivity index (χ3v) is 3.80. The van der Waals surface area contributed by atoms with E-state index in [-0.39, 0.29) is 16.3 Å². The maximum Gasteiger partial charge on any atom is 0.295 e. The van der Waals surface area contributed by atoms with Crippen molar-refractivity contribution in [3.63, 3.8) is 0 Å². The molecule has 2 N–H and O–H groups in total. The highest BCUT2D eigenvalue weighted by molar-refractivity contribution is 7.17. The lowest BCUT2D eigenvalue weighted by Crippen LogP contribution is -2.23. The summed E-state index contributed by atoms with van der Waals surface area (Å²) in [5.74, 6) is -0.0698. The van der Waals surface area contributed by atoms with Gasteiger partial charge in [-0.2, -0.15) is 0 Å². The molecule has 1 saturated carbocycles. The van der Waals surface area contributed by atoms with Gasteiger partial charge in [-0.25, -0.2) is 0 Å². The van der Waals surface area contributed by atoms with E-state index in [9.17, 15) is 9.59 Å². The molecule has 0 radical (unpaired) electrons. The Balaban J connectivity index is 1.77. The summed E-state index contributed by atoms with van der Waals surface area (Å²) in [5.41, 5.74) is 0.566. The molecule has 2 heterocycles. The van der Waals surface area contributed by atoms with Crippen LogP contribution in [0.2, 0.25) is 0 Å². The molecule has 8 heteroatoms. The van der Waals surface area contributed by atoms with Crippen molar-refractivity contribution in [2.45, 2.75) is 18.8 Å². The molecule has 7 nitrogen and oxygen atoms in total. The van der Waals surface area contributed by atoms with Crippen molar-refractivity contribution in [1.82, 2.24) is 15.2 Å². The normalized spacial score (nSPS) is 14.1. The SMILES string of the molecule is COc1nnc(NC(=O)c2ccc(C3CC3)[nH]c2=O)s1. The number of aromatic amines is 1. The summed E-state index contributed by atoms with van der Waals surface area (Å²) in [7, 11) is 1.47. The molecule has 20 heavy (non-hydrogen) atoms. The quantitative estimate of drug-likeness (QED) is 0.887. The molecule has 1 amide bonds.